The molecule has 0 saturated carbocycles. The zero-order valence-electron chi connectivity index (χ0n) is 9.98. The average molecular weight is 298 g/mol. The molecule has 0 amide bonds. The highest BCUT2D eigenvalue weighted by Gasteiger charge is 2.08. The van der Waals surface area contributed by atoms with E-state index in [-0.39, 0.29) is 11.5 Å². The van der Waals surface area contributed by atoms with Crippen molar-refractivity contribution < 1.29 is 9.90 Å². The zero-order chi connectivity index (χ0) is 12.8. The van der Waals surface area contributed by atoms with Gasteiger partial charge < -0.3 is 10.0 Å². The van der Waals surface area contributed by atoms with Crippen LogP contribution in [-0.4, -0.2) is 28.9 Å². The summed E-state index contributed by atoms with van der Waals surface area (Å²) in [5, 5.41) is 9.60. The Morgan fingerprint density at radius 1 is 1.41 bits per heavy atom. The Morgan fingerprint density at radius 2 is 2.06 bits per heavy atom. The van der Waals surface area contributed by atoms with Crippen LogP contribution in [0.1, 0.15) is 24.2 Å². The average Bonchev–Trinajstić information content (AvgIpc) is 2.33. The number of halogens is 1. The number of nitrogens with zero attached hydrogens (tertiary/aromatic N) is 1. The SMILES string of the molecule is CCN(/C=C/C(=O)c1cc(Br)ccc1O)CC. The van der Waals surface area contributed by atoms with Crippen molar-refractivity contribution in [2.75, 3.05) is 13.1 Å². The van der Waals surface area contributed by atoms with E-state index in [1.807, 2.05) is 18.7 Å². The molecular weight excluding hydrogens is 282 g/mol. The number of allylic oxidation sites excluding steroid dienone is 1. The number of aromatic hydroxyl groups is 1. The summed E-state index contributed by atoms with van der Waals surface area (Å²) >= 11 is 3.27. The normalized spacial score (nSPS) is 10.8. The number of benzene rings is 1. The minimum Gasteiger partial charge on any atom is -0.507 e. The van der Waals surface area contributed by atoms with Gasteiger partial charge in [0.05, 0.1) is 5.56 Å². The maximum atomic E-state index is 11.9. The molecule has 0 unspecified atom stereocenters. The van der Waals surface area contributed by atoms with E-state index in [2.05, 4.69) is 15.9 Å². The minimum absolute atomic E-state index is 0.00222. The molecule has 1 N–H and O–H groups in total. The quantitative estimate of drug-likeness (QED) is 0.670. The molecule has 0 aliphatic carbocycles. The molecule has 0 aliphatic rings. The first-order chi connectivity index (χ1) is 8.08. The highest BCUT2D eigenvalue weighted by molar-refractivity contribution is 9.10. The van der Waals surface area contributed by atoms with Crippen molar-refractivity contribution in [2.24, 2.45) is 0 Å². The number of hydrogen-bond donors (Lipinski definition) is 1. The Balaban J connectivity index is 2.86. The van der Waals surface area contributed by atoms with Crippen LogP contribution in [0.4, 0.5) is 0 Å². The first-order valence-electron chi connectivity index (χ1n) is 5.53. The van der Waals surface area contributed by atoms with E-state index in [0.29, 0.717) is 5.56 Å². The molecule has 17 heavy (non-hydrogen) atoms. The molecule has 1 aromatic carbocycles. The van der Waals surface area contributed by atoms with Crippen molar-refractivity contribution in [3.8, 4) is 5.75 Å². The summed E-state index contributed by atoms with van der Waals surface area (Å²) in [6.07, 6.45) is 3.23. The van der Waals surface area contributed by atoms with Crippen LogP contribution in [0.2, 0.25) is 0 Å². The van der Waals surface area contributed by atoms with E-state index in [1.54, 1.807) is 18.3 Å². The monoisotopic (exact) mass is 297 g/mol. The predicted molar refractivity (Wildman–Crippen MR) is 72.2 cm³/mol. The Bertz CT molecular complexity index is 425. The minimum atomic E-state index is -0.198. The fraction of sp³-hybridized carbons (Fsp3) is 0.308. The van der Waals surface area contributed by atoms with Gasteiger partial charge in [-0.05, 0) is 32.0 Å². The summed E-state index contributed by atoms with van der Waals surface area (Å²) in [5.74, 6) is -0.196. The number of hydrogen-bond acceptors (Lipinski definition) is 3. The van der Waals surface area contributed by atoms with Crippen molar-refractivity contribution in [3.63, 3.8) is 0 Å². The molecular formula is C13H16BrNO2. The van der Waals surface area contributed by atoms with E-state index in [9.17, 15) is 9.90 Å². The van der Waals surface area contributed by atoms with Crippen LogP contribution in [-0.2, 0) is 0 Å². The molecule has 0 radical (unpaired) electrons. The third kappa shape index (κ3) is 3.89. The predicted octanol–water partition coefficient (Wildman–Crippen LogP) is 3.19. The lowest BCUT2D eigenvalue weighted by Gasteiger charge is -2.14. The van der Waals surface area contributed by atoms with E-state index >= 15 is 0 Å². The number of phenolic OH excluding ortho intramolecular Hbond substituents is 1. The van der Waals surface area contributed by atoms with Gasteiger partial charge in [0.15, 0.2) is 5.78 Å². The maximum Gasteiger partial charge on any atom is 0.191 e. The summed E-state index contributed by atoms with van der Waals surface area (Å²) in [4.78, 5) is 13.9. The third-order valence-corrected chi connectivity index (χ3v) is 2.97. The fourth-order valence-electron chi connectivity index (χ4n) is 1.40. The first-order valence-corrected chi connectivity index (χ1v) is 6.32. The molecule has 0 spiro atoms. The van der Waals surface area contributed by atoms with E-state index < -0.39 is 0 Å². The number of ketones is 1. The molecule has 92 valence electrons. The fourth-order valence-corrected chi connectivity index (χ4v) is 1.76. The van der Waals surface area contributed by atoms with Crippen molar-refractivity contribution in [1.29, 1.82) is 0 Å². The first kappa shape index (κ1) is 13.8. The molecule has 0 atom stereocenters. The van der Waals surface area contributed by atoms with Crippen molar-refractivity contribution in [1.82, 2.24) is 4.90 Å². The third-order valence-electron chi connectivity index (χ3n) is 2.47. The summed E-state index contributed by atoms with van der Waals surface area (Å²) < 4.78 is 0.773. The molecule has 0 saturated heterocycles. The standard InChI is InChI=1S/C13H16BrNO2/c1-3-15(4-2)8-7-13(17)11-9-10(14)5-6-12(11)16/h5-9,16H,3-4H2,1-2H3/b8-7+. The molecule has 0 fully saturated rings. The second-order valence-corrected chi connectivity index (χ2v) is 4.48. The van der Waals surface area contributed by atoms with E-state index in [4.69, 9.17) is 0 Å². The van der Waals surface area contributed by atoms with E-state index in [0.717, 1.165) is 17.6 Å². The van der Waals surface area contributed by atoms with E-state index in [1.165, 1.54) is 12.1 Å². The summed E-state index contributed by atoms with van der Waals surface area (Å²) in [7, 11) is 0. The summed E-state index contributed by atoms with van der Waals surface area (Å²) in [6, 6.07) is 4.81. The second kappa shape index (κ2) is 6.45. The van der Waals surface area contributed by atoms with Crippen molar-refractivity contribution >= 4 is 21.7 Å². The second-order valence-electron chi connectivity index (χ2n) is 3.56. The lowest BCUT2D eigenvalue weighted by Crippen LogP contribution is -2.15. The number of phenols is 1. The maximum absolute atomic E-state index is 11.9. The Morgan fingerprint density at radius 3 is 2.65 bits per heavy atom. The van der Waals surface area contributed by atoms with Crippen LogP contribution >= 0.6 is 15.9 Å². The smallest absolute Gasteiger partial charge is 0.191 e. The van der Waals surface area contributed by atoms with Crippen molar-refractivity contribution in [3.05, 3.63) is 40.5 Å². The van der Waals surface area contributed by atoms with Gasteiger partial charge >= 0.3 is 0 Å². The van der Waals surface area contributed by atoms with Gasteiger partial charge in [-0.1, -0.05) is 15.9 Å². The molecule has 0 aliphatic heterocycles. The zero-order valence-corrected chi connectivity index (χ0v) is 11.6. The van der Waals surface area contributed by atoms with Gasteiger partial charge in [0.2, 0.25) is 0 Å². The van der Waals surface area contributed by atoms with Crippen LogP contribution in [0.25, 0.3) is 0 Å². The van der Waals surface area contributed by atoms with Crippen molar-refractivity contribution in [2.45, 2.75) is 13.8 Å². The topological polar surface area (TPSA) is 40.5 Å². The van der Waals surface area contributed by atoms with Gasteiger partial charge in [-0.15, -0.1) is 0 Å². The Kier molecular flexibility index (Phi) is 5.22. The lowest BCUT2D eigenvalue weighted by atomic mass is 10.1. The largest absolute Gasteiger partial charge is 0.507 e. The lowest BCUT2D eigenvalue weighted by molar-refractivity contribution is 0.104. The van der Waals surface area contributed by atoms with Gasteiger partial charge in [-0.2, -0.15) is 0 Å². The molecule has 0 bridgehead atoms. The van der Waals surface area contributed by atoms with Gasteiger partial charge in [0.25, 0.3) is 0 Å². The van der Waals surface area contributed by atoms with Gasteiger partial charge in [0, 0.05) is 29.8 Å². The molecule has 0 aromatic heterocycles. The molecule has 3 nitrogen and oxygen atoms in total. The highest BCUT2D eigenvalue weighted by Crippen LogP contribution is 2.22. The molecule has 0 heterocycles. The number of rotatable bonds is 5. The van der Waals surface area contributed by atoms with Gasteiger partial charge in [-0.25, -0.2) is 0 Å². The van der Waals surface area contributed by atoms with Crippen LogP contribution in [0.5, 0.6) is 5.75 Å². The number of carbonyl (C=O) groups excluding carboxylic acids is 1. The summed E-state index contributed by atoms with van der Waals surface area (Å²) in [6.45, 7) is 5.75. The van der Waals surface area contributed by atoms with Crippen LogP contribution in [0.15, 0.2) is 34.9 Å². The van der Waals surface area contributed by atoms with Crippen LogP contribution in [0.3, 0.4) is 0 Å². The summed E-state index contributed by atoms with van der Waals surface area (Å²) in [5.41, 5.74) is 0.308. The number of carbonyl (C=O) groups is 1. The Labute approximate surface area is 110 Å². The van der Waals surface area contributed by atoms with Gasteiger partial charge in [-0.3, -0.25) is 4.79 Å². The molecule has 1 aromatic rings. The molecule has 1 rings (SSSR count). The van der Waals surface area contributed by atoms with Crippen LogP contribution < -0.4 is 0 Å². The highest BCUT2D eigenvalue weighted by atomic mass is 79.9. The Hall–Kier alpha value is -1.29. The van der Waals surface area contributed by atoms with Gasteiger partial charge in [0.1, 0.15) is 5.75 Å². The van der Waals surface area contributed by atoms with Crippen LogP contribution in [0, 0.1) is 0 Å². The molecule has 4 heteroatoms.